The van der Waals surface area contributed by atoms with Crippen LogP contribution < -0.4 is 0 Å². The number of imidazole rings is 1. The van der Waals surface area contributed by atoms with Crippen LogP contribution in [0.3, 0.4) is 0 Å². The van der Waals surface area contributed by atoms with Gasteiger partial charge in [-0.2, -0.15) is 13.2 Å². The molecule has 0 fully saturated rings. The molecular weight excluding hydrogens is 245 g/mol. The van der Waals surface area contributed by atoms with E-state index in [4.69, 9.17) is 0 Å². The lowest BCUT2D eigenvalue weighted by Gasteiger charge is -2.08. The highest BCUT2D eigenvalue weighted by Crippen LogP contribution is 2.29. The number of carbonyl (C=O) groups is 1. The highest BCUT2D eigenvalue weighted by Gasteiger charge is 2.29. The predicted molar refractivity (Wildman–Crippen MR) is 58.2 cm³/mol. The van der Waals surface area contributed by atoms with Crippen molar-refractivity contribution >= 4 is 6.29 Å². The molecule has 1 aromatic heterocycles. The van der Waals surface area contributed by atoms with Crippen molar-refractivity contribution in [3.8, 4) is 0 Å². The minimum atomic E-state index is -4.33. The van der Waals surface area contributed by atoms with Crippen LogP contribution in [0.2, 0.25) is 0 Å². The van der Waals surface area contributed by atoms with E-state index in [1.165, 1.54) is 18.3 Å². The maximum atomic E-state index is 12.4. The van der Waals surface area contributed by atoms with Gasteiger partial charge in [-0.15, -0.1) is 0 Å². The fourth-order valence-electron chi connectivity index (χ4n) is 1.57. The van der Waals surface area contributed by atoms with Crippen molar-refractivity contribution in [1.82, 2.24) is 9.55 Å². The van der Waals surface area contributed by atoms with Crippen molar-refractivity contribution in [2.24, 2.45) is 0 Å². The van der Waals surface area contributed by atoms with Gasteiger partial charge in [-0.05, 0) is 17.7 Å². The Kier molecular flexibility index (Phi) is 3.18. The molecule has 94 valence electrons. The maximum absolute atomic E-state index is 12.4. The summed E-state index contributed by atoms with van der Waals surface area (Å²) in [4.78, 5) is 14.4. The molecule has 0 saturated heterocycles. The quantitative estimate of drug-likeness (QED) is 0.789. The molecule has 0 unspecified atom stereocenters. The summed E-state index contributed by atoms with van der Waals surface area (Å²) in [6.07, 6.45) is -0.666. The molecule has 0 atom stereocenters. The fourth-order valence-corrected chi connectivity index (χ4v) is 1.57. The zero-order valence-electron chi connectivity index (χ0n) is 9.19. The lowest BCUT2D eigenvalue weighted by atomic mass is 10.1. The van der Waals surface area contributed by atoms with Gasteiger partial charge in [0.25, 0.3) is 0 Å². The van der Waals surface area contributed by atoms with E-state index in [2.05, 4.69) is 4.98 Å². The van der Waals surface area contributed by atoms with Crippen molar-refractivity contribution < 1.29 is 18.0 Å². The number of carbonyl (C=O) groups excluding carboxylic acids is 1. The Labute approximate surface area is 101 Å². The van der Waals surface area contributed by atoms with Crippen LogP contribution in [0.15, 0.2) is 36.7 Å². The Morgan fingerprint density at radius 1 is 1.22 bits per heavy atom. The van der Waals surface area contributed by atoms with Crippen molar-refractivity contribution in [1.29, 1.82) is 0 Å². The molecule has 18 heavy (non-hydrogen) atoms. The molecule has 0 N–H and O–H groups in total. The molecule has 0 bridgehead atoms. The van der Waals surface area contributed by atoms with Gasteiger partial charge in [0.05, 0.1) is 5.56 Å². The zero-order valence-corrected chi connectivity index (χ0v) is 9.19. The Morgan fingerprint density at radius 3 is 2.44 bits per heavy atom. The van der Waals surface area contributed by atoms with E-state index in [0.29, 0.717) is 18.4 Å². The normalized spacial score (nSPS) is 11.5. The second-order valence-electron chi connectivity index (χ2n) is 3.73. The van der Waals surface area contributed by atoms with Gasteiger partial charge in [-0.1, -0.05) is 12.1 Å². The van der Waals surface area contributed by atoms with E-state index < -0.39 is 11.7 Å². The van der Waals surface area contributed by atoms with E-state index in [0.717, 1.165) is 12.1 Å². The average molecular weight is 254 g/mol. The molecule has 2 rings (SSSR count). The number of benzene rings is 1. The molecule has 2 aromatic rings. The molecule has 0 aliphatic carbocycles. The number of rotatable bonds is 3. The summed E-state index contributed by atoms with van der Waals surface area (Å²) in [6, 6.07) is 4.81. The molecule has 1 aromatic carbocycles. The highest BCUT2D eigenvalue weighted by molar-refractivity contribution is 5.69. The van der Waals surface area contributed by atoms with Gasteiger partial charge >= 0.3 is 6.18 Å². The SMILES string of the molecule is O=Cc1nccn1Cc1ccc(C(F)(F)F)cc1. The number of halogens is 3. The fraction of sp³-hybridized carbons (Fsp3) is 0.167. The summed E-state index contributed by atoms with van der Waals surface area (Å²) in [7, 11) is 0. The predicted octanol–water partition coefficient (Wildman–Crippen LogP) is 2.76. The monoisotopic (exact) mass is 254 g/mol. The number of aldehydes is 1. The molecule has 1 heterocycles. The third-order valence-electron chi connectivity index (χ3n) is 2.49. The molecule has 0 aliphatic heterocycles. The lowest BCUT2D eigenvalue weighted by Crippen LogP contribution is -2.06. The number of hydrogen-bond acceptors (Lipinski definition) is 2. The molecule has 0 aliphatic rings. The van der Waals surface area contributed by atoms with Gasteiger partial charge in [-0.25, -0.2) is 4.98 Å². The van der Waals surface area contributed by atoms with Gasteiger partial charge in [0.2, 0.25) is 0 Å². The average Bonchev–Trinajstić information content (AvgIpc) is 2.76. The standard InChI is InChI=1S/C12H9F3N2O/c13-12(14,15)10-3-1-9(2-4-10)7-17-6-5-16-11(17)8-18/h1-6,8H,7H2. The largest absolute Gasteiger partial charge is 0.416 e. The maximum Gasteiger partial charge on any atom is 0.416 e. The topological polar surface area (TPSA) is 34.9 Å². The zero-order chi connectivity index (χ0) is 13.2. The Hall–Kier alpha value is -2.11. The number of alkyl halides is 3. The minimum absolute atomic E-state index is 0.245. The molecule has 0 radical (unpaired) electrons. The van der Waals surface area contributed by atoms with Crippen LogP contribution in [0.4, 0.5) is 13.2 Å². The van der Waals surface area contributed by atoms with Crippen LogP contribution in [-0.4, -0.2) is 15.8 Å². The summed E-state index contributed by atoms with van der Waals surface area (Å²) >= 11 is 0. The van der Waals surface area contributed by atoms with Gasteiger partial charge in [-0.3, -0.25) is 4.79 Å². The summed E-state index contributed by atoms with van der Waals surface area (Å²) in [5, 5.41) is 0. The first-order chi connectivity index (χ1) is 8.50. The molecule has 0 amide bonds. The summed E-state index contributed by atoms with van der Waals surface area (Å²) in [5.41, 5.74) is -0.0170. The Balaban J connectivity index is 2.19. The van der Waals surface area contributed by atoms with Crippen molar-refractivity contribution in [2.75, 3.05) is 0 Å². The Morgan fingerprint density at radius 2 is 1.89 bits per heavy atom. The molecule has 0 saturated carbocycles. The summed E-state index contributed by atoms with van der Waals surface area (Å²) in [6.45, 7) is 0.312. The molecule has 6 heteroatoms. The van der Waals surface area contributed by atoms with Crippen molar-refractivity contribution in [3.63, 3.8) is 0 Å². The second-order valence-corrected chi connectivity index (χ2v) is 3.73. The second kappa shape index (κ2) is 4.64. The van der Waals surface area contributed by atoms with Crippen LogP contribution in [0.5, 0.6) is 0 Å². The van der Waals surface area contributed by atoms with Crippen LogP contribution in [0.1, 0.15) is 21.7 Å². The molecule has 3 nitrogen and oxygen atoms in total. The van der Waals surface area contributed by atoms with Crippen LogP contribution in [0.25, 0.3) is 0 Å². The Bertz CT molecular complexity index is 543. The van der Waals surface area contributed by atoms with Gasteiger partial charge in [0.1, 0.15) is 0 Å². The third-order valence-corrected chi connectivity index (χ3v) is 2.49. The summed E-state index contributed by atoms with van der Waals surface area (Å²) < 4.78 is 38.6. The summed E-state index contributed by atoms with van der Waals surface area (Å²) in [5.74, 6) is 0.245. The molecule has 0 spiro atoms. The first kappa shape index (κ1) is 12.3. The van der Waals surface area contributed by atoms with E-state index >= 15 is 0 Å². The van der Waals surface area contributed by atoms with Crippen molar-refractivity contribution in [2.45, 2.75) is 12.7 Å². The number of hydrogen-bond donors (Lipinski definition) is 0. The first-order valence-electron chi connectivity index (χ1n) is 5.13. The van der Waals surface area contributed by atoms with E-state index in [1.807, 2.05) is 0 Å². The van der Waals surface area contributed by atoms with Crippen molar-refractivity contribution in [3.05, 3.63) is 53.6 Å². The number of nitrogens with zero attached hydrogens (tertiary/aromatic N) is 2. The molecular formula is C12H9F3N2O. The lowest BCUT2D eigenvalue weighted by molar-refractivity contribution is -0.137. The van der Waals surface area contributed by atoms with E-state index in [9.17, 15) is 18.0 Å². The van der Waals surface area contributed by atoms with E-state index in [-0.39, 0.29) is 5.82 Å². The smallest absolute Gasteiger partial charge is 0.324 e. The van der Waals surface area contributed by atoms with Gasteiger partial charge < -0.3 is 4.57 Å². The van der Waals surface area contributed by atoms with Crippen LogP contribution >= 0.6 is 0 Å². The minimum Gasteiger partial charge on any atom is -0.324 e. The third kappa shape index (κ3) is 2.58. The van der Waals surface area contributed by atoms with Gasteiger partial charge in [0, 0.05) is 18.9 Å². The van der Waals surface area contributed by atoms with E-state index in [1.54, 1.807) is 10.8 Å². The van der Waals surface area contributed by atoms with Gasteiger partial charge in [0.15, 0.2) is 12.1 Å². The number of aromatic nitrogens is 2. The van der Waals surface area contributed by atoms with Crippen LogP contribution in [-0.2, 0) is 12.7 Å². The van der Waals surface area contributed by atoms with Crippen LogP contribution in [0, 0.1) is 0 Å². The first-order valence-corrected chi connectivity index (χ1v) is 5.13. The highest BCUT2D eigenvalue weighted by atomic mass is 19.4.